The van der Waals surface area contributed by atoms with Crippen LogP contribution in [0.1, 0.15) is 45.2 Å². The van der Waals surface area contributed by atoms with Gasteiger partial charge in [-0.15, -0.1) is 0 Å². The van der Waals surface area contributed by atoms with E-state index in [0.717, 1.165) is 5.56 Å². The fraction of sp³-hybridized carbons (Fsp3) is 0.550. The predicted octanol–water partition coefficient (Wildman–Crippen LogP) is 2.15. The normalized spacial score (nSPS) is 19.1. The molecule has 0 aliphatic carbocycles. The zero-order valence-electron chi connectivity index (χ0n) is 17.0. The van der Waals surface area contributed by atoms with Crippen molar-refractivity contribution >= 4 is 18.0 Å². The lowest BCUT2D eigenvalue weighted by Gasteiger charge is -2.28. The number of carbonyl (C=O) groups is 3. The number of nitrogens with one attached hydrogen (secondary N) is 1. The zero-order valence-corrected chi connectivity index (χ0v) is 17.0. The number of ether oxygens (including phenoxy) is 4. The molecule has 1 aromatic rings. The van der Waals surface area contributed by atoms with Crippen molar-refractivity contribution in [2.45, 2.75) is 51.3 Å². The van der Waals surface area contributed by atoms with Crippen LogP contribution in [-0.2, 0) is 19.1 Å². The molecular weight excluding hydrogens is 380 g/mol. The van der Waals surface area contributed by atoms with Gasteiger partial charge in [0.1, 0.15) is 11.6 Å². The summed E-state index contributed by atoms with van der Waals surface area (Å²) in [6.07, 6.45) is -0.244. The van der Waals surface area contributed by atoms with Crippen molar-refractivity contribution in [1.82, 2.24) is 10.2 Å². The number of likely N-dealkylation sites (tertiary alicyclic amines) is 1. The highest BCUT2D eigenvalue weighted by Crippen LogP contribution is 2.37. The number of nitrogens with zero attached hydrogens (tertiary/aromatic N) is 1. The first-order valence-electron chi connectivity index (χ1n) is 9.44. The van der Waals surface area contributed by atoms with Crippen molar-refractivity contribution in [3.8, 4) is 11.5 Å². The highest BCUT2D eigenvalue weighted by Gasteiger charge is 2.39. The average Bonchev–Trinajstić information content (AvgIpc) is 3.24. The van der Waals surface area contributed by atoms with Gasteiger partial charge in [0, 0.05) is 6.54 Å². The highest BCUT2D eigenvalue weighted by molar-refractivity contribution is 5.88. The van der Waals surface area contributed by atoms with Gasteiger partial charge in [0.15, 0.2) is 11.5 Å². The fourth-order valence-electron chi connectivity index (χ4n) is 3.36. The Morgan fingerprint density at radius 2 is 2.00 bits per heavy atom. The van der Waals surface area contributed by atoms with Gasteiger partial charge in [-0.25, -0.2) is 4.79 Å². The molecule has 3 rings (SSSR count). The van der Waals surface area contributed by atoms with Crippen LogP contribution in [0.25, 0.3) is 0 Å². The smallest absolute Gasteiger partial charge is 0.408 e. The standard InChI is InChI=1S/C20H26N2O7/c1-20(2,3)29-19(25)21-13-7-8-22(18(13)24)14(10-17(23)26-4)12-5-6-15-16(9-12)28-11-27-15/h5-6,9,13-14H,7-8,10-11H2,1-4H3,(H,21,25). The predicted molar refractivity (Wildman–Crippen MR) is 101 cm³/mol. The van der Waals surface area contributed by atoms with Crippen LogP contribution in [0.5, 0.6) is 11.5 Å². The lowest BCUT2D eigenvalue weighted by molar-refractivity contribution is -0.143. The Morgan fingerprint density at radius 3 is 2.69 bits per heavy atom. The number of fused-ring (bicyclic) bond motifs is 1. The second-order valence-corrected chi connectivity index (χ2v) is 7.93. The number of hydrogen-bond donors (Lipinski definition) is 1. The monoisotopic (exact) mass is 406 g/mol. The van der Waals surface area contributed by atoms with Gasteiger partial charge >= 0.3 is 12.1 Å². The summed E-state index contributed by atoms with van der Waals surface area (Å²) in [6.45, 7) is 5.77. The number of methoxy groups -OCH3 is 1. The molecule has 1 fully saturated rings. The van der Waals surface area contributed by atoms with E-state index in [1.165, 1.54) is 7.11 Å². The molecule has 1 N–H and O–H groups in total. The number of alkyl carbamates (subject to hydrolysis) is 1. The van der Waals surface area contributed by atoms with E-state index in [1.807, 2.05) is 0 Å². The van der Waals surface area contributed by atoms with Gasteiger partial charge in [-0.2, -0.15) is 0 Å². The fourth-order valence-corrected chi connectivity index (χ4v) is 3.36. The first-order chi connectivity index (χ1) is 13.7. The molecule has 9 nitrogen and oxygen atoms in total. The van der Waals surface area contributed by atoms with Gasteiger partial charge in [-0.3, -0.25) is 9.59 Å². The molecule has 0 radical (unpaired) electrons. The number of esters is 1. The molecule has 158 valence electrons. The molecule has 2 atom stereocenters. The molecule has 29 heavy (non-hydrogen) atoms. The number of amides is 2. The Hall–Kier alpha value is -2.97. The third kappa shape index (κ3) is 4.90. The minimum Gasteiger partial charge on any atom is -0.469 e. The van der Waals surface area contributed by atoms with Gasteiger partial charge in [-0.05, 0) is 44.9 Å². The molecule has 0 spiro atoms. The maximum Gasteiger partial charge on any atom is 0.408 e. The molecule has 2 unspecified atom stereocenters. The summed E-state index contributed by atoms with van der Waals surface area (Å²) in [4.78, 5) is 38.6. The minimum atomic E-state index is -0.709. The maximum absolute atomic E-state index is 13.0. The highest BCUT2D eigenvalue weighted by atomic mass is 16.7. The number of benzene rings is 1. The first-order valence-corrected chi connectivity index (χ1v) is 9.44. The van der Waals surface area contributed by atoms with Crippen LogP contribution >= 0.6 is 0 Å². The van der Waals surface area contributed by atoms with E-state index in [9.17, 15) is 14.4 Å². The SMILES string of the molecule is COC(=O)CC(c1ccc2c(c1)OCO2)N1CCC(NC(=O)OC(C)(C)C)C1=O. The van der Waals surface area contributed by atoms with E-state index in [-0.39, 0.29) is 19.1 Å². The van der Waals surface area contributed by atoms with Gasteiger partial charge in [0.2, 0.25) is 12.7 Å². The quantitative estimate of drug-likeness (QED) is 0.747. The van der Waals surface area contributed by atoms with Crippen LogP contribution in [-0.4, -0.2) is 55.0 Å². The van der Waals surface area contributed by atoms with Crippen LogP contribution in [0.3, 0.4) is 0 Å². The number of rotatable bonds is 5. The molecule has 2 aliphatic heterocycles. The van der Waals surface area contributed by atoms with Crippen molar-refractivity contribution in [3.63, 3.8) is 0 Å². The molecule has 1 saturated heterocycles. The number of hydrogen-bond acceptors (Lipinski definition) is 7. The summed E-state index contributed by atoms with van der Waals surface area (Å²) < 4.78 is 20.8. The van der Waals surface area contributed by atoms with E-state index in [4.69, 9.17) is 18.9 Å². The van der Waals surface area contributed by atoms with E-state index >= 15 is 0 Å². The van der Waals surface area contributed by atoms with Gasteiger partial charge < -0.3 is 29.2 Å². The van der Waals surface area contributed by atoms with Crippen molar-refractivity contribution in [2.24, 2.45) is 0 Å². The molecule has 1 aromatic carbocycles. The Kier molecular flexibility index (Phi) is 5.86. The van der Waals surface area contributed by atoms with Crippen molar-refractivity contribution < 1.29 is 33.3 Å². The van der Waals surface area contributed by atoms with Gasteiger partial charge in [-0.1, -0.05) is 6.07 Å². The van der Waals surface area contributed by atoms with E-state index in [1.54, 1.807) is 43.9 Å². The van der Waals surface area contributed by atoms with Crippen molar-refractivity contribution in [2.75, 3.05) is 20.4 Å². The number of carbonyl (C=O) groups excluding carboxylic acids is 3. The molecule has 0 bridgehead atoms. The first kappa shape index (κ1) is 20.8. The molecule has 0 saturated carbocycles. The Bertz CT molecular complexity index is 803. The van der Waals surface area contributed by atoms with Crippen LogP contribution in [0.4, 0.5) is 4.79 Å². The summed E-state index contributed by atoms with van der Waals surface area (Å²) in [5, 5.41) is 2.62. The van der Waals surface area contributed by atoms with Crippen molar-refractivity contribution in [3.05, 3.63) is 23.8 Å². The molecular formula is C20H26N2O7. The summed E-state index contributed by atoms with van der Waals surface area (Å²) in [5.74, 6) is 0.460. The second kappa shape index (κ2) is 8.18. The van der Waals surface area contributed by atoms with Crippen LogP contribution < -0.4 is 14.8 Å². The molecule has 2 heterocycles. The van der Waals surface area contributed by atoms with Gasteiger partial charge in [0.25, 0.3) is 0 Å². The Morgan fingerprint density at radius 1 is 1.28 bits per heavy atom. The van der Waals surface area contributed by atoms with Crippen LogP contribution in [0.15, 0.2) is 18.2 Å². The molecule has 9 heteroatoms. The zero-order chi connectivity index (χ0) is 21.2. The van der Waals surface area contributed by atoms with Crippen molar-refractivity contribution in [1.29, 1.82) is 0 Å². The van der Waals surface area contributed by atoms with Gasteiger partial charge in [0.05, 0.1) is 19.6 Å². The third-order valence-corrected chi connectivity index (χ3v) is 4.68. The molecule has 0 aromatic heterocycles. The van der Waals surface area contributed by atoms with E-state index in [2.05, 4.69) is 5.32 Å². The Balaban J connectivity index is 1.77. The maximum atomic E-state index is 13.0. The largest absolute Gasteiger partial charge is 0.469 e. The topological polar surface area (TPSA) is 103 Å². The minimum absolute atomic E-state index is 0.0129. The van der Waals surface area contributed by atoms with Crippen LogP contribution in [0, 0.1) is 0 Å². The molecule has 2 amide bonds. The summed E-state index contributed by atoms with van der Waals surface area (Å²) in [5.41, 5.74) is 0.0663. The molecule has 2 aliphatic rings. The Labute approximate surface area is 169 Å². The van der Waals surface area contributed by atoms with E-state index < -0.39 is 29.7 Å². The van der Waals surface area contributed by atoms with E-state index in [0.29, 0.717) is 24.5 Å². The second-order valence-electron chi connectivity index (χ2n) is 7.93. The lowest BCUT2D eigenvalue weighted by Crippen LogP contribution is -2.44. The lowest BCUT2D eigenvalue weighted by atomic mass is 10.0. The summed E-state index contributed by atoms with van der Waals surface area (Å²) in [6, 6.07) is 4.05. The summed E-state index contributed by atoms with van der Waals surface area (Å²) >= 11 is 0. The average molecular weight is 406 g/mol. The third-order valence-electron chi connectivity index (χ3n) is 4.68. The summed E-state index contributed by atoms with van der Waals surface area (Å²) in [7, 11) is 1.30. The van der Waals surface area contributed by atoms with Crippen LogP contribution in [0.2, 0.25) is 0 Å².